The first-order chi connectivity index (χ1) is 9.24. The summed E-state index contributed by atoms with van der Waals surface area (Å²) in [6, 6.07) is 7.26. The van der Waals surface area contributed by atoms with Crippen LogP contribution in [0, 0.1) is 0 Å². The average molecular weight is 263 g/mol. The topological polar surface area (TPSA) is 61.5 Å². The van der Waals surface area contributed by atoms with Gasteiger partial charge < -0.3 is 15.2 Å². The predicted molar refractivity (Wildman–Crippen MR) is 73.5 cm³/mol. The van der Waals surface area contributed by atoms with Crippen LogP contribution in [0.1, 0.15) is 36.5 Å². The fourth-order valence-corrected chi connectivity index (χ4v) is 2.19. The Balaban J connectivity index is 1.96. The Kier molecular flexibility index (Phi) is 4.93. The molecule has 0 aromatic heterocycles. The third-order valence-electron chi connectivity index (χ3n) is 3.27. The summed E-state index contributed by atoms with van der Waals surface area (Å²) < 4.78 is 11.1. The van der Waals surface area contributed by atoms with Crippen molar-refractivity contribution in [3.63, 3.8) is 0 Å². The van der Waals surface area contributed by atoms with Gasteiger partial charge in [0, 0.05) is 12.1 Å². The first-order valence-corrected chi connectivity index (χ1v) is 6.87. The van der Waals surface area contributed by atoms with Crippen molar-refractivity contribution in [3.8, 4) is 5.75 Å². The van der Waals surface area contributed by atoms with Crippen LogP contribution in [0.25, 0.3) is 0 Å². The minimum absolute atomic E-state index is 0.0288. The number of nitrogens with two attached hydrogens (primary N) is 1. The maximum Gasteiger partial charge on any atom is 0.191 e. The van der Waals surface area contributed by atoms with Gasteiger partial charge in [0.1, 0.15) is 11.9 Å². The van der Waals surface area contributed by atoms with E-state index in [9.17, 15) is 4.79 Å². The van der Waals surface area contributed by atoms with Crippen molar-refractivity contribution in [3.05, 3.63) is 29.8 Å². The van der Waals surface area contributed by atoms with Gasteiger partial charge in [0.2, 0.25) is 0 Å². The van der Waals surface area contributed by atoms with Gasteiger partial charge in [-0.25, -0.2) is 0 Å². The van der Waals surface area contributed by atoms with E-state index in [-0.39, 0.29) is 18.0 Å². The molecule has 19 heavy (non-hydrogen) atoms. The highest BCUT2D eigenvalue weighted by molar-refractivity contribution is 5.99. The number of Topliss-reactive ketones (excluding diaryl/α,β-unsaturated/α-hetero) is 1. The third-order valence-corrected chi connectivity index (χ3v) is 3.27. The Morgan fingerprint density at radius 1 is 1.37 bits per heavy atom. The number of benzene rings is 1. The zero-order valence-electron chi connectivity index (χ0n) is 11.3. The number of hydrogen-bond acceptors (Lipinski definition) is 4. The molecular weight excluding hydrogens is 242 g/mol. The van der Waals surface area contributed by atoms with Crippen molar-refractivity contribution in [1.82, 2.24) is 0 Å². The molecule has 1 aromatic carbocycles. The zero-order chi connectivity index (χ0) is 13.7. The molecule has 4 heteroatoms. The van der Waals surface area contributed by atoms with E-state index in [2.05, 4.69) is 6.92 Å². The Morgan fingerprint density at radius 3 is 2.68 bits per heavy atom. The van der Waals surface area contributed by atoms with E-state index in [0.29, 0.717) is 18.7 Å². The van der Waals surface area contributed by atoms with Crippen molar-refractivity contribution in [2.24, 2.45) is 5.73 Å². The van der Waals surface area contributed by atoms with Crippen molar-refractivity contribution < 1.29 is 14.3 Å². The lowest BCUT2D eigenvalue weighted by Crippen LogP contribution is -2.25. The van der Waals surface area contributed by atoms with Crippen LogP contribution >= 0.6 is 0 Å². The van der Waals surface area contributed by atoms with E-state index in [4.69, 9.17) is 15.2 Å². The highest BCUT2D eigenvalue weighted by Gasteiger charge is 2.30. The van der Waals surface area contributed by atoms with E-state index in [0.717, 1.165) is 25.0 Å². The number of hydrogen-bond donors (Lipinski definition) is 1. The number of carbonyl (C=O) groups is 1. The van der Waals surface area contributed by atoms with Crippen LogP contribution in [-0.4, -0.2) is 31.1 Å². The van der Waals surface area contributed by atoms with Crippen molar-refractivity contribution in [2.45, 2.75) is 38.4 Å². The molecule has 2 rings (SSSR count). The molecule has 1 heterocycles. The van der Waals surface area contributed by atoms with Crippen LogP contribution < -0.4 is 10.5 Å². The van der Waals surface area contributed by atoms with Gasteiger partial charge in [-0.3, -0.25) is 4.79 Å². The normalized spacial score (nSPS) is 22.4. The van der Waals surface area contributed by atoms with Crippen LogP contribution in [0.3, 0.4) is 0 Å². The van der Waals surface area contributed by atoms with Gasteiger partial charge in [-0.2, -0.15) is 0 Å². The van der Waals surface area contributed by atoms with Gasteiger partial charge in [-0.15, -0.1) is 0 Å². The number of ketones is 1. The standard InChI is InChI=1S/C15H21NO3/c1-2-9-18-12-5-3-11(4-6-12)15(17)14-8-7-13(10-16)19-14/h3-6,13-14H,2,7-10,16H2,1H3. The van der Waals surface area contributed by atoms with Crippen LogP contribution in [0.2, 0.25) is 0 Å². The second-order valence-electron chi connectivity index (χ2n) is 4.80. The molecule has 2 unspecified atom stereocenters. The summed E-state index contributed by atoms with van der Waals surface area (Å²) in [5.41, 5.74) is 6.22. The quantitative estimate of drug-likeness (QED) is 0.799. The highest BCUT2D eigenvalue weighted by atomic mass is 16.5. The van der Waals surface area contributed by atoms with Crippen LogP contribution in [-0.2, 0) is 4.74 Å². The smallest absolute Gasteiger partial charge is 0.191 e. The lowest BCUT2D eigenvalue weighted by Gasteiger charge is -2.12. The Morgan fingerprint density at radius 2 is 2.11 bits per heavy atom. The minimum Gasteiger partial charge on any atom is -0.494 e. The zero-order valence-corrected chi connectivity index (χ0v) is 11.3. The Labute approximate surface area is 113 Å². The Hall–Kier alpha value is -1.39. The molecule has 2 N–H and O–H groups in total. The monoisotopic (exact) mass is 263 g/mol. The molecule has 0 amide bonds. The first kappa shape index (κ1) is 14.0. The fourth-order valence-electron chi connectivity index (χ4n) is 2.19. The molecule has 0 aliphatic carbocycles. The first-order valence-electron chi connectivity index (χ1n) is 6.87. The molecule has 1 saturated heterocycles. The van der Waals surface area contributed by atoms with Gasteiger partial charge in [0.15, 0.2) is 5.78 Å². The minimum atomic E-state index is -0.337. The van der Waals surface area contributed by atoms with E-state index in [1.54, 1.807) is 12.1 Å². The van der Waals surface area contributed by atoms with Crippen molar-refractivity contribution >= 4 is 5.78 Å². The summed E-state index contributed by atoms with van der Waals surface area (Å²) >= 11 is 0. The number of carbonyl (C=O) groups excluding carboxylic acids is 1. The van der Waals surface area contributed by atoms with Crippen LogP contribution in [0.5, 0.6) is 5.75 Å². The van der Waals surface area contributed by atoms with E-state index >= 15 is 0 Å². The van der Waals surface area contributed by atoms with E-state index < -0.39 is 0 Å². The second kappa shape index (κ2) is 6.68. The van der Waals surface area contributed by atoms with Gasteiger partial charge >= 0.3 is 0 Å². The van der Waals surface area contributed by atoms with Crippen molar-refractivity contribution in [2.75, 3.05) is 13.2 Å². The number of rotatable bonds is 6. The maximum absolute atomic E-state index is 12.2. The second-order valence-corrected chi connectivity index (χ2v) is 4.80. The summed E-state index contributed by atoms with van der Waals surface area (Å²) in [4.78, 5) is 12.2. The summed E-state index contributed by atoms with van der Waals surface area (Å²) in [7, 11) is 0. The molecule has 1 fully saturated rings. The highest BCUT2D eigenvalue weighted by Crippen LogP contribution is 2.23. The predicted octanol–water partition coefficient (Wildman–Crippen LogP) is 2.16. The molecule has 1 aliphatic heterocycles. The van der Waals surface area contributed by atoms with Crippen LogP contribution in [0.15, 0.2) is 24.3 Å². The summed E-state index contributed by atoms with van der Waals surface area (Å²) in [6.45, 7) is 3.23. The molecule has 0 bridgehead atoms. The molecule has 0 saturated carbocycles. The van der Waals surface area contributed by atoms with Gasteiger partial charge in [0.05, 0.1) is 12.7 Å². The molecule has 1 aromatic rings. The molecule has 4 nitrogen and oxygen atoms in total. The Bertz CT molecular complexity index is 416. The summed E-state index contributed by atoms with van der Waals surface area (Å²) in [5, 5.41) is 0. The molecule has 0 radical (unpaired) electrons. The van der Waals surface area contributed by atoms with E-state index in [1.165, 1.54) is 0 Å². The lowest BCUT2D eigenvalue weighted by atomic mass is 10.0. The maximum atomic E-state index is 12.2. The SMILES string of the molecule is CCCOc1ccc(C(=O)C2CCC(CN)O2)cc1. The molecule has 0 spiro atoms. The largest absolute Gasteiger partial charge is 0.494 e. The summed E-state index contributed by atoms with van der Waals surface area (Å²) in [5.74, 6) is 0.837. The third kappa shape index (κ3) is 3.55. The fraction of sp³-hybridized carbons (Fsp3) is 0.533. The van der Waals surface area contributed by atoms with Crippen LogP contribution in [0.4, 0.5) is 0 Å². The average Bonchev–Trinajstić information content (AvgIpc) is 2.94. The van der Waals surface area contributed by atoms with Gasteiger partial charge in [-0.1, -0.05) is 6.92 Å². The lowest BCUT2D eigenvalue weighted by molar-refractivity contribution is 0.0404. The molecule has 2 atom stereocenters. The number of ether oxygens (including phenoxy) is 2. The van der Waals surface area contributed by atoms with Gasteiger partial charge in [0.25, 0.3) is 0 Å². The van der Waals surface area contributed by atoms with E-state index in [1.807, 2.05) is 12.1 Å². The van der Waals surface area contributed by atoms with Gasteiger partial charge in [-0.05, 0) is 43.5 Å². The molecular formula is C15H21NO3. The molecule has 104 valence electrons. The summed E-state index contributed by atoms with van der Waals surface area (Å²) in [6.07, 6.45) is 2.29. The van der Waals surface area contributed by atoms with Crippen molar-refractivity contribution in [1.29, 1.82) is 0 Å². The molecule has 1 aliphatic rings.